The highest BCUT2D eigenvalue weighted by Crippen LogP contribution is 2.25. The molecule has 1 amide bonds. The van der Waals surface area contributed by atoms with Crippen molar-refractivity contribution in [3.63, 3.8) is 0 Å². The van der Waals surface area contributed by atoms with Gasteiger partial charge in [0.15, 0.2) is 0 Å². The van der Waals surface area contributed by atoms with Gasteiger partial charge in [-0.05, 0) is 32.4 Å². The van der Waals surface area contributed by atoms with Crippen LogP contribution in [0, 0.1) is 5.82 Å². The van der Waals surface area contributed by atoms with Crippen molar-refractivity contribution in [3.8, 4) is 0 Å². The van der Waals surface area contributed by atoms with Crippen LogP contribution in [-0.4, -0.2) is 24.2 Å². The molecule has 1 saturated heterocycles. The zero-order chi connectivity index (χ0) is 12.5. The van der Waals surface area contributed by atoms with Crippen LogP contribution < -0.4 is 5.32 Å². The minimum Gasteiger partial charge on any atom is -0.376 e. The van der Waals surface area contributed by atoms with Crippen LogP contribution in [0.15, 0.2) is 24.3 Å². The van der Waals surface area contributed by atoms with Gasteiger partial charge in [-0.3, -0.25) is 4.79 Å². The number of ether oxygens (including phenoxy) is 1. The van der Waals surface area contributed by atoms with Crippen LogP contribution >= 0.6 is 0 Å². The molecule has 0 radical (unpaired) electrons. The number of amides is 1. The highest BCUT2D eigenvalue weighted by atomic mass is 19.1. The Bertz CT molecular complexity index is 435. The summed E-state index contributed by atoms with van der Waals surface area (Å²) in [5.41, 5.74) is -0.341. The van der Waals surface area contributed by atoms with E-state index in [1.807, 2.05) is 13.8 Å². The van der Waals surface area contributed by atoms with Gasteiger partial charge in [0, 0.05) is 6.61 Å². The van der Waals surface area contributed by atoms with E-state index in [9.17, 15) is 9.18 Å². The van der Waals surface area contributed by atoms with Gasteiger partial charge in [0.1, 0.15) is 5.82 Å². The Kier molecular flexibility index (Phi) is 3.15. The van der Waals surface area contributed by atoms with Crippen molar-refractivity contribution in [2.75, 3.05) is 6.61 Å². The maximum Gasteiger partial charge on any atom is 0.254 e. The van der Waals surface area contributed by atoms with Crippen LogP contribution in [-0.2, 0) is 4.74 Å². The van der Waals surface area contributed by atoms with Crippen LogP contribution in [0.25, 0.3) is 0 Å². The predicted molar refractivity (Wildman–Crippen MR) is 62.3 cm³/mol. The highest BCUT2D eigenvalue weighted by molar-refractivity contribution is 5.95. The molecule has 2 rings (SSSR count). The molecular weight excluding hydrogens is 221 g/mol. The SMILES string of the molecule is CC1OCCC1(C)NC(=O)c1ccccc1F. The Morgan fingerprint density at radius 2 is 2.24 bits per heavy atom. The van der Waals surface area contributed by atoms with Crippen molar-refractivity contribution < 1.29 is 13.9 Å². The number of carbonyl (C=O) groups is 1. The summed E-state index contributed by atoms with van der Waals surface area (Å²) in [7, 11) is 0. The average Bonchev–Trinajstić information content (AvgIpc) is 2.59. The van der Waals surface area contributed by atoms with E-state index in [-0.39, 0.29) is 17.6 Å². The molecule has 92 valence electrons. The third-order valence-corrected chi connectivity index (χ3v) is 3.40. The zero-order valence-electron chi connectivity index (χ0n) is 10.00. The molecule has 0 saturated carbocycles. The second-order valence-corrected chi connectivity index (χ2v) is 4.61. The fourth-order valence-electron chi connectivity index (χ4n) is 1.97. The summed E-state index contributed by atoms with van der Waals surface area (Å²) in [5.74, 6) is -0.886. The van der Waals surface area contributed by atoms with Gasteiger partial charge < -0.3 is 10.1 Å². The number of hydrogen-bond donors (Lipinski definition) is 1. The van der Waals surface area contributed by atoms with Gasteiger partial charge in [-0.2, -0.15) is 0 Å². The molecule has 2 unspecified atom stereocenters. The Morgan fingerprint density at radius 3 is 2.82 bits per heavy atom. The first kappa shape index (κ1) is 12.0. The molecule has 1 aliphatic heterocycles. The molecule has 1 aliphatic rings. The van der Waals surface area contributed by atoms with Gasteiger partial charge in [-0.15, -0.1) is 0 Å². The summed E-state index contributed by atoms with van der Waals surface area (Å²) in [5, 5.41) is 2.86. The van der Waals surface area contributed by atoms with Crippen LogP contribution in [0.4, 0.5) is 4.39 Å². The quantitative estimate of drug-likeness (QED) is 0.855. The first-order valence-corrected chi connectivity index (χ1v) is 5.71. The number of rotatable bonds is 2. The molecule has 3 nitrogen and oxygen atoms in total. The molecule has 0 bridgehead atoms. The monoisotopic (exact) mass is 237 g/mol. The van der Waals surface area contributed by atoms with Crippen molar-refractivity contribution in [1.29, 1.82) is 0 Å². The minimum absolute atomic E-state index is 0.0572. The number of halogens is 1. The summed E-state index contributed by atoms with van der Waals surface area (Å²) < 4.78 is 18.9. The molecule has 1 aromatic rings. The summed E-state index contributed by atoms with van der Waals surface area (Å²) in [6, 6.07) is 5.98. The van der Waals surface area contributed by atoms with Crippen molar-refractivity contribution in [3.05, 3.63) is 35.6 Å². The summed E-state index contributed by atoms with van der Waals surface area (Å²) in [6.45, 7) is 4.45. The van der Waals surface area contributed by atoms with Gasteiger partial charge in [-0.25, -0.2) is 4.39 Å². The zero-order valence-corrected chi connectivity index (χ0v) is 10.00. The van der Waals surface area contributed by atoms with Crippen LogP contribution in [0.3, 0.4) is 0 Å². The smallest absolute Gasteiger partial charge is 0.254 e. The van der Waals surface area contributed by atoms with Gasteiger partial charge in [0.05, 0.1) is 17.2 Å². The number of carbonyl (C=O) groups excluding carboxylic acids is 1. The molecule has 1 heterocycles. The van der Waals surface area contributed by atoms with Crippen molar-refractivity contribution in [1.82, 2.24) is 5.32 Å². The van der Waals surface area contributed by atoms with Crippen LogP contribution in [0.2, 0.25) is 0 Å². The molecular formula is C13H16FNO2. The molecule has 0 spiro atoms. The summed E-state index contributed by atoms with van der Waals surface area (Å²) >= 11 is 0. The van der Waals surface area contributed by atoms with Crippen LogP contribution in [0.5, 0.6) is 0 Å². The maximum atomic E-state index is 13.4. The third-order valence-electron chi connectivity index (χ3n) is 3.40. The second-order valence-electron chi connectivity index (χ2n) is 4.61. The first-order valence-electron chi connectivity index (χ1n) is 5.71. The predicted octanol–water partition coefficient (Wildman–Crippen LogP) is 2.12. The molecule has 1 fully saturated rings. The van der Waals surface area contributed by atoms with E-state index in [0.29, 0.717) is 6.61 Å². The maximum absolute atomic E-state index is 13.4. The Morgan fingerprint density at radius 1 is 1.53 bits per heavy atom. The number of nitrogens with one attached hydrogen (secondary N) is 1. The molecule has 1 aromatic carbocycles. The van der Waals surface area contributed by atoms with E-state index >= 15 is 0 Å². The lowest BCUT2D eigenvalue weighted by molar-refractivity contribution is 0.0724. The van der Waals surface area contributed by atoms with E-state index in [1.54, 1.807) is 12.1 Å². The van der Waals surface area contributed by atoms with Gasteiger partial charge in [0.2, 0.25) is 0 Å². The topological polar surface area (TPSA) is 38.3 Å². The van der Waals surface area contributed by atoms with Gasteiger partial charge in [0.25, 0.3) is 5.91 Å². The van der Waals surface area contributed by atoms with Gasteiger partial charge >= 0.3 is 0 Å². The highest BCUT2D eigenvalue weighted by Gasteiger charge is 2.38. The largest absolute Gasteiger partial charge is 0.376 e. The Hall–Kier alpha value is -1.42. The molecule has 0 aliphatic carbocycles. The van der Waals surface area contributed by atoms with E-state index < -0.39 is 11.4 Å². The average molecular weight is 237 g/mol. The Balaban J connectivity index is 2.15. The summed E-state index contributed by atoms with van der Waals surface area (Å²) in [6.07, 6.45) is 0.687. The second kappa shape index (κ2) is 4.45. The lowest BCUT2D eigenvalue weighted by atomic mass is 9.94. The van der Waals surface area contributed by atoms with Crippen molar-refractivity contribution in [2.24, 2.45) is 0 Å². The van der Waals surface area contributed by atoms with Crippen molar-refractivity contribution in [2.45, 2.75) is 31.9 Å². The summed E-state index contributed by atoms with van der Waals surface area (Å²) in [4.78, 5) is 12.0. The van der Waals surface area contributed by atoms with E-state index in [4.69, 9.17) is 4.74 Å². The first-order chi connectivity index (χ1) is 8.03. The number of benzene rings is 1. The number of hydrogen-bond acceptors (Lipinski definition) is 2. The Labute approximate surface area is 100.0 Å². The normalized spacial score (nSPS) is 28.1. The molecule has 1 N–H and O–H groups in total. The van der Waals surface area contributed by atoms with Crippen molar-refractivity contribution >= 4 is 5.91 Å². The fourth-order valence-corrected chi connectivity index (χ4v) is 1.97. The standard InChI is InChI=1S/C13H16FNO2/c1-9-13(2,7-8-17-9)15-12(16)10-5-3-4-6-11(10)14/h3-6,9H,7-8H2,1-2H3,(H,15,16). The minimum atomic E-state index is -0.500. The van der Waals surface area contributed by atoms with Crippen LogP contribution in [0.1, 0.15) is 30.6 Å². The third kappa shape index (κ3) is 2.31. The molecule has 4 heteroatoms. The fraction of sp³-hybridized carbons (Fsp3) is 0.462. The molecule has 17 heavy (non-hydrogen) atoms. The lowest BCUT2D eigenvalue weighted by Crippen LogP contribution is -2.50. The molecule has 0 aromatic heterocycles. The molecule has 2 atom stereocenters. The van der Waals surface area contributed by atoms with Gasteiger partial charge in [-0.1, -0.05) is 12.1 Å². The van der Waals surface area contributed by atoms with E-state index in [1.165, 1.54) is 12.1 Å². The van der Waals surface area contributed by atoms with E-state index in [2.05, 4.69) is 5.32 Å². The van der Waals surface area contributed by atoms with E-state index in [0.717, 1.165) is 6.42 Å². The lowest BCUT2D eigenvalue weighted by Gasteiger charge is -2.28.